The fraction of sp³-hybridized carbons (Fsp3) is 0.174. The number of halogens is 4. The zero-order valence-corrected chi connectivity index (χ0v) is 20.5. The Morgan fingerprint density at radius 3 is 2.26 bits per heavy atom. The largest absolute Gasteiger partial charge is 0.435 e. The molecule has 0 aliphatic rings. The molecule has 2 N–H and O–H groups in total. The number of non-ortho nitro benzene ring substituents is 1. The highest BCUT2D eigenvalue weighted by Crippen LogP contribution is 2.30. The van der Waals surface area contributed by atoms with Gasteiger partial charge >= 0.3 is 13.2 Å². The minimum absolute atomic E-state index is 0.0980. The van der Waals surface area contributed by atoms with Crippen molar-refractivity contribution in [3.63, 3.8) is 0 Å². The monoisotopic (exact) mass is 556 g/mol. The lowest BCUT2D eigenvalue weighted by Crippen LogP contribution is -2.16. The van der Waals surface area contributed by atoms with Crippen molar-refractivity contribution < 1.29 is 40.4 Å². The number of sulfonamides is 1. The smallest absolute Gasteiger partial charge is 0.387 e. The number of hydrogen-bond acceptors (Lipinski definition) is 8. The van der Waals surface area contributed by atoms with Crippen LogP contribution in [0.5, 0.6) is 11.5 Å². The molecular formula is C23H20F4N4O6S. The van der Waals surface area contributed by atoms with Gasteiger partial charge in [0.2, 0.25) is 0 Å². The molecule has 0 saturated carbocycles. The predicted molar refractivity (Wildman–Crippen MR) is 131 cm³/mol. The maximum Gasteiger partial charge on any atom is 0.387 e. The van der Waals surface area contributed by atoms with Gasteiger partial charge in [-0.2, -0.15) is 22.7 Å². The third-order valence-electron chi connectivity index (χ3n) is 4.91. The number of nitro groups is 1. The van der Waals surface area contributed by atoms with Gasteiger partial charge in [-0.15, -0.1) is 0 Å². The number of rotatable bonds is 11. The number of aryl methyl sites for hydroxylation is 2. The van der Waals surface area contributed by atoms with Gasteiger partial charge in [0.25, 0.3) is 15.7 Å². The van der Waals surface area contributed by atoms with Gasteiger partial charge in [-0.25, -0.2) is 8.42 Å². The summed E-state index contributed by atoms with van der Waals surface area (Å²) < 4.78 is 87.7. The maximum atomic E-state index is 13.2. The normalized spacial score (nSPS) is 11.7. The average Bonchev–Trinajstić information content (AvgIpc) is 2.81. The maximum absolute atomic E-state index is 13.2. The van der Waals surface area contributed by atoms with Crippen molar-refractivity contribution >= 4 is 33.3 Å². The van der Waals surface area contributed by atoms with Crippen molar-refractivity contribution in [2.75, 3.05) is 10.1 Å². The molecule has 202 valence electrons. The Balaban J connectivity index is 1.95. The van der Waals surface area contributed by atoms with Crippen LogP contribution in [0.25, 0.3) is 0 Å². The van der Waals surface area contributed by atoms with Crippen molar-refractivity contribution in [1.82, 2.24) is 0 Å². The number of nitrogens with one attached hydrogen (secondary N) is 2. The zero-order valence-electron chi connectivity index (χ0n) is 19.7. The standard InChI is InChI=1S/C23H20F4N4O6S/c1-13-3-7-18(14(2)9-13)30-38(34,35)21-10-16(31(32)33)5-8-19(21)29-28-12-15-4-6-17(36-22(24)25)11-20(15)37-23(26)27/h3-12,22-23,29-30H,1-2H3/b28-12+. The number of alkyl halides is 4. The van der Waals surface area contributed by atoms with E-state index in [-0.39, 0.29) is 16.9 Å². The summed E-state index contributed by atoms with van der Waals surface area (Å²) in [6.45, 7) is -2.99. The highest BCUT2D eigenvalue weighted by atomic mass is 32.2. The Bertz CT molecular complexity index is 1470. The quantitative estimate of drug-likeness (QED) is 0.135. The first kappa shape index (κ1) is 28.2. The minimum Gasteiger partial charge on any atom is -0.435 e. The molecule has 0 radical (unpaired) electrons. The van der Waals surface area contributed by atoms with Crippen LogP contribution in [0.15, 0.2) is 64.6 Å². The van der Waals surface area contributed by atoms with Crippen molar-refractivity contribution in [3.05, 3.63) is 81.4 Å². The minimum atomic E-state index is -4.37. The summed E-state index contributed by atoms with van der Waals surface area (Å²) in [6.07, 6.45) is 0.958. The van der Waals surface area contributed by atoms with E-state index < -0.39 is 50.3 Å². The molecule has 0 saturated heterocycles. The second kappa shape index (κ2) is 11.8. The summed E-state index contributed by atoms with van der Waals surface area (Å²) in [5.41, 5.74) is 3.36. The fourth-order valence-electron chi connectivity index (χ4n) is 3.23. The van der Waals surface area contributed by atoms with Gasteiger partial charge in [-0.05, 0) is 43.7 Å². The first-order valence-electron chi connectivity index (χ1n) is 10.6. The van der Waals surface area contributed by atoms with Crippen LogP contribution in [0.3, 0.4) is 0 Å². The first-order valence-corrected chi connectivity index (χ1v) is 12.1. The molecule has 38 heavy (non-hydrogen) atoms. The van der Waals surface area contributed by atoms with Crippen LogP contribution in [-0.4, -0.2) is 32.8 Å². The zero-order chi connectivity index (χ0) is 28.0. The van der Waals surface area contributed by atoms with Gasteiger partial charge in [0.15, 0.2) is 0 Å². The molecule has 0 bridgehead atoms. The molecule has 0 aliphatic carbocycles. The van der Waals surface area contributed by atoms with Gasteiger partial charge in [0.05, 0.1) is 22.5 Å². The second-order valence-corrected chi connectivity index (χ2v) is 9.34. The molecule has 3 rings (SSSR count). The molecule has 15 heteroatoms. The van der Waals surface area contributed by atoms with E-state index in [1.807, 2.05) is 6.92 Å². The highest BCUT2D eigenvalue weighted by molar-refractivity contribution is 7.92. The third-order valence-corrected chi connectivity index (χ3v) is 6.31. The van der Waals surface area contributed by atoms with Crippen LogP contribution in [0, 0.1) is 24.0 Å². The molecule has 10 nitrogen and oxygen atoms in total. The highest BCUT2D eigenvalue weighted by Gasteiger charge is 2.23. The first-order chi connectivity index (χ1) is 17.9. The van der Waals surface area contributed by atoms with Crippen molar-refractivity contribution in [3.8, 4) is 11.5 Å². The second-order valence-electron chi connectivity index (χ2n) is 7.69. The van der Waals surface area contributed by atoms with Crippen LogP contribution in [0.1, 0.15) is 16.7 Å². The number of anilines is 2. The van der Waals surface area contributed by atoms with Gasteiger partial charge in [-0.3, -0.25) is 20.3 Å². The molecule has 3 aromatic carbocycles. The van der Waals surface area contributed by atoms with Crippen molar-refractivity contribution in [1.29, 1.82) is 0 Å². The Kier molecular flexibility index (Phi) is 8.72. The molecule has 0 fully saturated rings. The van der Waals surface area contributed by atoms with Crippen molar-refractivity contribution in [2.24, 2.45) is 5.10 Å². The van der Waals surface area contributed by atoms with E-state index in [9.17, 15) is 36.1 Å². The number of nitro benzene ring substituents is 1. The topological polar surface area (TPSA) is 132 Å². The molecule has 0 unspecified atom stereocenters. The molecule has 0 spiro atoms. The van der Waals surface area contributed by atoms with Crippen LogP contribution in [-0.2, 0) is 10.0 Å². The fourth-order valence-corrected chi connectivity index (χ4v) is 4.54. The molecule has 0 aromatic heterocycles. The predicted octanol–water partition coefficient (Wildman–Crippen LogP) is 5.66. The van der Waals surface area contributed by atoms with E-state index in [0.29, 0.717) is 5.56 Å². The van der Waals surface area contributed by atoms with Gasteiger partial charge in [0.1, 0.15) is 16.4 Å². The molecule has 0 aliphatic heterocycles. The lowest BCUT2D eigenvalue weighted by atomic mass is 10.1. The summed E-state index contributed by atoms with van der Waals surface area (Å²) in [7, 11) is -4.37. The molecule has 3 aromatic rings. The van der Waals surface area contributed by atoms with Crippen LogP contribution in [0.4, 0.5) is 34.6 Å². The van der Waals surface area contributed by atoms with Gasteiger partial charge in [0, 0.05) is 23.8 Å². The Morgan fingerprint density at radius 2 is 1.63 bits per heavy atom. The number of ether oxygens (including phenoxy) is 2. The number of benzene rings is 3. The summed E-state index contributed by atoms with van der Waals surface area (Å²) in [5.74, 6) is -0.987. The molecule has 0 atom stereocenters. The van der Waals surface area contributed by atoms with E-state index in [4.69, 9.17) is 0 Å². The van der Waals surface area contributed by atoms with E-state index in [1.165, 1.54) is 6.07 Å². The van der Waals surface area contributed by atoms with Crippen LogP contribution in [0.2, 0.25) is 0 Å². The Labute approximate surface area is 214 Å². The molecule has 0 amide bonds. The summed E-state index contributed by atoms with van der Waals surface area (Å²) in [4.78, 5) is 9.97. The number of hydrazone groups is 1. The molecular weight excluding hydrogens is 536 g/mol. The summed E-state index contributed by atoms with van der Waals surface area (Å²) in [5, 5.41) is 15.1. The summed E-state index contributed by atoms with van der Waals surface area (Å²) >= 11 is 0. The van der Waals surface area contributed by atoms with Crippen LogP contribution < -0.4 is 19.6 Å². The lowest BCUT2D eigenvalue weighted by molar-refractivity contribution is -0.385. The summed E-state index contributed by atoms with van der Waals surface area (Å²) in [6, 6.07) is 10.9. The lowest BCUT2D eigenvalue weighted by Gasteiger charge is -2.14. The number of nitrogens with zero attached hydrogens (tertiary/aromatic N) is 2. The Morgan fingerprint density at radius 1 is 0.947 bits per heavy atom. The third kappa shape index (κ3) is 7.32. The van der Waals surface area contributed by atoms with E-state index in [0.717, 1.165) is 48.2 Å². The van der Waals surface area contributed by atoms with Crippen LogP contribution >= 0.6 is 0 Å². The average molecular weight is 556 g/mol. The number of hydrogen-bond donors (Lipinski definition) is 2. The Hall–Kier alpha value is -4.40. The van der Waals surface area contributed by atoms with E-state index >= 15 is 0 Å². The van der Waals surface area contributed by atoms with Crippen molar-refractivity contribution in [2.45, 2.75) is 32.0 Å². The molecule has 0 heterocycles. The van der Waals surface area contributed by atoms with E-state index in [1.54, 1.807) is 19.1 Å². The van der Waals surface area contributed by atoms with E-state index in [2.05, 4.69) is 24.7 Å². The van der Waals surface area contributed by atoms with Gasteiger partial charge < -0.3 is 9.47 Å². The SMILES string of the molecule is Cc1ccc(NS(=O)(=O)c2cc([N+](=O)[O-])ccc2N/N=C/c2ccc(OC(F)F)cc2OC(F)F)c(C)c1. The van der Waals surface area contributed by atoms with Gasteiger partial charge in [-0.1, -0.05) is 17.7 Å².